The minimum Gasteiger partial charge on any atom is -0.394 e. The van der Waals surface area contributed by atoms with Crippen molar-refractivity contribution in [2.75, 3.05) is 6.61 Å². The summed E-state index contributed by atoms with van der Waals surface area (Å²) >= 11 is 0. The zero-order valence-electron chi connectivity index (χ0n) is 26.9. The van der Waals surface area contributed by atoms with Gasteiger partial charge in [0.25, 0.3) is 0 Å². The Morgan fingerprint density at radius 1 is 0.610 bits per heavy atom. The molecule has 0 aliphatic rings. The topological polar surface area (TPSA) is 89.8 Å². The lowest BCUT2D eigenvalue weighted by Gasteiger charge is -2.21. The van der Waals surface area contributed by atoms with Gasteiger partial charge in [0.15, 0.2) is 0 Å². The van der Waals surface area contributed by atoms with E-state index in [0.29, 0.717) is 6.42 Å². The van der Waals surface area contributed by atoms with Crippen molar-refractivity contribution in [2.24, 2.45) is 0 Å². The second-order valence-corrected chi connectivity index (χ2v) is 11.8. The van der Waals surface area contributed by atoms with Gasteiger partial charge in [0.1, 0.15) is 0 Å². The highest BCUT2D eigenvalue weighted by atomic mass is 16.3. The summed E-state index contributed by atoms with van der Waals surface area (Å²) in [6.45, 7) is 4.14. The molecule has 0 spiro atoms. The molecule has 0 aliphatic carbocycles. The highest BCUT2D eigenvalue weighted by Crippen LogP contribution is 2.13. The van der Waals surface area contributed by atoms with Crippen molar-refractivity contribution in [3.63, 3.8) is 0 Å². The van der Waals surface area contributed by atoms with Crippen molar-refractivity contribution >= 4 is 5.91 Å². The van der Waals surface area contributed by atoms with E-state index < -0.39 is 18.2 Å². The van der Waals surface area contributed by atoms with Gasteiger partial charge >= 0.3 is 0 Å². The summed E-state index contributed by atoms with van der Waals surface area (Å²) in [6.07, 6.45) is 36.9. The lowest BCUT2D eigenvalue weighted by Crippen LogP contribution is -2.45. The third-order valence-corrected chi connectivity index (χ3v) is 7.66. The number of aliphatic hydroxyl groups is 3. The van der Waals surface area contributed by atoms with Gasteiger partial charge in [-0.15, -0.1) is 0 Å². The molecule has 1 amide bonds. The fourth-order valence-electron chi connectivity index (χ4n) is 4.96. The summed E-state index contributed by atoms with van der Waals surface area (Å²) in [4.78, 5) is 12.3. The van der Waals surface area contributed by atoms with E-state index in [2.05, 4.69) is 43.5 Å². The first-order valence-electron chi connectivity index (χ1n) is 17.3. The smallest absolute Gasteiger partial charge is 0.222 e. The summed E-state index contributed by atoms with van der Waals surface area (Å²) in [5, 5.41) is 32.9. The van der Waals surface area contributed by atoms with E-state index in [-0.39, 0.29) is 18.9 Å². The number of carbonyl (C=O) groups excluding carboxylic acids is 1. The van der Waals surface area contributed by atoms with E-state index >= 15 is 0 Å². The first-order valence-corrected chi connectivity index (χ1v) is 17.3. The molecule has 3 unspecified atom stereocenters. The van der Waals surface area contributed by atoms with Crippen molar-refractivity contribution in [3.8, 4) is 0 Å². The summed E-state index contributed by atoms with van der Waals surface area (Å²) in [5.41, 5.74) is 0. The zero-order chi connectivity index (χ0) is 30.2. The lowest BCUT2D eigenvalue weighted by molar-refractivity contribution is -0.124. The number of rotatable bonds is 30. The molecule has 0 bridgehead atoms. The minimum atomic E-state index is -0.955. The lowest BCUT2D eigenvalue weighted by atomic mass is 10.0. The quantitative estimate of drug-likeness (QED) is 0.0507. The Morgan fingerprint density at radius 3 is 1.56 bits per heavy atom. The molecule has 5 nitrogen and oxygen atoms in total. The third-order valence-electron chi connectivity index (χ3n) is 7.66. The van der Waals surface area contributed by atoms with Gasteiger partial charge in [0.2, 0.25) is 5.91 Å². The van der Waals surface area contributed by atoms with Crippen LogP contribution in [-0.4, -0.2) is 46.1 Å². The fraction of sp³-hybridized carbons (Fsp3) is 0.806. The Kier molecular flexibility index (Phi) is 30.4. The highest BCUT2D eigenvalue weighted by molar-refractivity contribution is 5.76. The van der Waals surface area contributed by atoms with E-state index in [9.17, 15) is 20.1 Å². The first-order chi connectivity index (χ1) is 20.0. The average molecular weight is 578 g/mol. The standard InChI is InChI=1S/C36H67NO4/c1-3-5-7-9-11-13-15-16-17-18-20-22-24-26-28-30-35(40)34(32-38)37-36(41)31-33(39)29-27-25-23-21-19-14-12-10-8-6-4-2/h15-16,20,22,28,30,33-35,38-40H,3-14,17-19,21,23-27,29,31-32H2,1-2H3,(H,37,41)/b16-15+,22-20+,30-28+. The molecule has 0 aromatic carbocycles. The minimum absolute atomic E-state index is 0.00361. The molecule has 240 valence electrons. The molecule has 0 aromatic heterocycles. The molecule has 0 aliphatic heterocycles. The molecule has 4 N–H and O–H groups in total. The van der Waals surface area contributed by atoms with Crippen LogP contribution in [0.15, 0.2) is 36.5 Å². The van der Waals surface area contributed by atoms with Crippen LogP contribution < -0.4 is 5.32 Å². The van der Waals surface area contributed by atoms with Crippen molar-refractivity contribution < 1.29 is 20.1 Å². The number of carbonyl (C=O) groups is 1. The Balaban J connectivity index is 3.86. The van der Waals surface area contributed by atoms with E-state index in [0.717, 1.165) is 38.5 Å². The number of hydrogen-bond acceptors (Lipinski definition) is 4. The third kappa shape index (κ3) is 28.5. The number of amides is 1. The number of hydrogen-bond donors (Lipinski definition) is 4. The van der Waals surface area contributed by atoms with Gasteiger partial charge in [0, 0.05) is 0 Å². The molecule has 0 aromatic rings. The van der Waals surface area contributed by atoms with Gasteiger partial charge in [-0.05, 0) is 44.9 Å². The van der Waals surface area contributed by atoms with Crippen LogP contribution in [0.4, 0.5) is 0 Å². The van der Waals surface area contributed by atoms with Gasteiger partial charge in [-0.25, -0.2) is 0 Å². The van der Waals surface area contributed by atoms with Crippen LogP contribution in [0.5, 0.6) is 0 Å². The number of aliphatic hydroxyl groups excluding tert-OH is 3. The van der Waals surface area contributed by atoms with Gasteiger partial charge in [-0.3, -0.25) is 4.79 Å². The summed E-state index contributed by atoms with van der Waals surface area (Å²) in [6, 6.07) is -0.762. The Labute approximate surface area is 254 Å². The largest absolute Gasteiger partial charge is 0.394 e. The molecule has 0 saturated heterocycles. The normalized spacial score (nSPS) is 14.4. The Bertz CT molecular complexity index is 645. The van der Waals surface area contributed by atoms with E-state index in [1.165, 1.54) is 96.3 Å². The predicted molar refractivity (Wildman–Crippen MR) is 176 cm³/mol. The van der Waals surface area contributed by atoms with Crippen LogP contribution in [0.2, 0.25) is 0 Å². The maximum atomic E-state index is 12.3. The average Bonchev–Trinajstić information content (AvgIpc) is 2.96. The van der Waals surface area contributed by atoms with Crippen LogP contribution in [0.1, 0.15) is 162 Å². The Hall–Kier alpha value is -1.43. The van der Waals surface area contributed by atoms with Crippen LogP contribution in [0, 0.1) is 0 Å². The second-order valence-electron chi connectivity index (χ2n) is 11.8. The zero-order valence-corrected chi connectivity index (χ0v) is 26.9. The molecular formula is C36H67NO4. The van der Waals surface area contributed by atoms with E-state index in [1.54, 1.807) is 6.08 Å². The second kappa shape index (κ2) is 31.5. The number of unbranched alkanes of at least 4 members (excludes halogenated alkanes) is 17. The van der Waals surface area contributed by atoms with Crippen LogP contribution in [0.3, 0.4) is 0 Å². The van der Waals surface area contributed by atoms with Crippen molar-refractivity contribution in [1.29, 1.82) is 0 Å². The molecule has 0 fully saturated rings. The van der Waals surface area contributed by atoms with E-state index in [1.807, 2.05) is 6.08 Å². The maximum Gasteiger partial charge on any atom is 0.222 e. The maximum absolute atomic E-state index is 12.3. The first kappa shape index (κ1) is 39.6. The number of nitrogens with one attached hydrogen (secondary N) is 1. The SMILES string of the molecule is CCCCCCC/C=C/CC/C=C/CC/C=C/C(O)C(CO)NC(=O)CC(O)CCCCCCCCCCCCC. The monoisotopic (exact) mass is 578 g/mol. The van der Waals surface area contributed by atoms with Crippen molar-refractivity contribution in [2.45, 2.75) is 180 Å². The van der Waals surface area contributed by atoms with Gasteiger partial charge in [-0.2, -0.15) is 0 Å². The van der Waals surface area contributed by atoms with Crippen molar-refractivity contribution in [1.82, 2.24) is 5.32 Å². The van der Waals surface area contributed by atoms with Crippen LogP contribution >= 0.6 is 0 Å². The molecule has 0 heterocycles. The summed E-state index contributed by atoms with van der Waals surface area (Å²) in [7, 11) is 0. The molecule has 5 heteroatoms. The molecule has 0 saturated carbocycles. The highest BCUT2D eigenvalue weighted by Gasteiger charge is 2.20. The molecule has 0 rings (SSSR count). The van der Waals surface area contributed by atoms with Crippen molar-refractivity contribution in [3.05, 3.63) is 36.5 Å². The molecule has 0 radical (unpaired) electrons. The van der Waals surface area contributed by atoms with Gasteiger partial charge < -0.3 is 20.6 Å². The summed E-state index contributed by atoms with van der Waals surface area (Å²) in [5.74, 6) is -0.333. The summed E-state index contributed by atoms with van der Waals surface area (Å²) < 4.78 is 0. The Morgan fingerprint density at radius 2 is 1.05 bits per heavy atom. The van der Waals surface area contributed by atoms with E-state index in [4.69, 9.17) is 0 Å². The van der Waals surface area contributed by atoms with Crippen LogP contribution in [-0.2, 0) is 4.79 Å². The molecule has 3 atom stereocenters. The van der Waals surface area contributed by atoms with Gasteiger partial charge in [0.05, 0.1) is 31.3 Å². The van der Waals surface area contributed by atoms with Gasteiger partial charge in [-0.1, -0.05) is 147 Å². The van der Waals surface area contributed by atoms with Crippen LogP contribution in [0.25, 0.3) is 0 Å². The molecule has 41 heavy (non-hydrogen) atoms. The molecular weight excluding hydrogens is 510 g/mol. The fourth-order valence-corrected chi connectivity index (χ4v) is 4.96. The number of allylic oxidation sites excluding steroid dienone is 5. The predicted octanol–water partition coefficient (Wildman–Crippen LogP) is 8.87.